The Balaban J connectivity index is 2.46. The number of aromatic nitrogens is 2. The van der Waals surface area contributed by atoms with Crippen LogP contribution < -0.4 is 0 Å². The highest BCUT2D eigenvalue weighted by Gasteiger charge is 2.05. The van der Waals surface area contributed by atoms with Crippen molar-refractivity contribution in [3.05, 3.63) is 18.0 Å². The summed E-state index contributed by atoms with van der Waals surface area (Å²) in [5, 5.41) is 13.6. The molecule has 1 heterocycles. The normalized spacial score (nSPS) is 13.2. The Bertz CT molecular complexity index is 232. The molecule has 3 nitrogen and oxygen atoms in total. The Labute approximate surface area is 73.0 Å². The lowest BCUT2D eigenvalue weighted by atomic mass is 10.2. The number of aliphatic hydroxyl groups is 1. The Morgan fingerprint density at radius 1 is 1.67 bits per heavy atom. The number of nitrogens with zero attached hydrogens (tertiary/aromatic N) is 2. The fraction of sp³-hybridized carbons (Fsp3) is 0.667. The molecule has 1 aromatic heterocycles. The molecule has 68 valence electrons. The zero-order valence-electron chi connectivity index (χ0n) is 7.70. The molecule has 0 aliphatic carbocycles. The number of hydrogen-bond acceptors (Lipinski definition) is 2. The highest BCUT2D eigenvalue weighted by molar-refractivity contribution is 4.96. The summed E-state index contributed by atoms with van der Waals surface area (Å²) in [5.74, 6) is 0. The van der Waals surface area contributed by atoms with Gasteiger partial charge < -0.3 is 5.11 Å². The van der Waals surface area contributed by atoms with Gasteiger partial charge in [-0.05, 0) is 19.4 Å². The third-order valence-corrected chi connectivity index (χ3v) is 1.93. The van der Waals surface area contributed by atoms with Crippen molar-refractivity contribution in [3.63, 3.8) is 0 Å². The second-order valence-electron chi connectivity index (χ2n) is 3.10. The lowest BCUT2D eigenvalue weighted by Crippen LogP contribution is -2.17. The van der Waals surface area contributed by atoms with Crippen LogP contribution in [0.5, 0.6) is 0 Å². The minimum Gasteiger partial charge on any atom is -0.391 e. The maximum atomic E-state index is 9.48. The molecule has 0 aliphatic heterocycles. The molecule has 1 atom stereocenters. The van der Waals surface area contributed by atoms with Gasteiger partial charge in [0.25, 0.3) is 0 Å². The van der Waals surface area contributed by atoms with Crippen LogP contribution in [0.25, 0.3) is 0 Å². The Hall–Kier alpha value is -0.830. The van der Waals surface area contributed by atoms with Crippen molar-refractivity contribution in [2.45, 2.75) is 39.3 Å². The van der Waals surface area contributed by atoms with Crippen molar-refractivity contribution in [2.24, 2.45) is 0 Å². The van der Waals surface area contributed by atoms with Crippen LogP contribution in [-0.2, 0) is 6.54 Å². The number of aryl methyl sites for hydroxylation is 1. The number of aliphatic hydroxyl groups excluding tert-OH is 1. The third-order valence-electron chi connectivity index (χ3n) is 1.93. The van der Waals surface area contributed by atoms with E-state index in [1.807, 2.05) is 17.7 Å². The van der Waals surface area contributed by atoms with E-state index in [1.54, 1.807) is 6.20 Å². The summed E-state index contributed by atoms with van der Waals surface area (Å²) in [5.41, 5.74) is 1.10. The van der Waals surface area contributed by atoms with Crippen molar-refractivity contribution < 1.29 is 5.11 Å². The predicted molar refractivity (Wildman–Crippen MR) is 47.9 cm³/mol. The quantitative estimate of drug-likeness (QED) is 0.737. The second kappa shape index (κ2) is 4.26. The van der Waals surface area contributed by atoms with E-state index in [2.05, 4.69) is 12.0 Å². The first-order valence-electron chi connectivity index (χ1n) is 4.40. The van der Waals surface area contributed by atoms with E-state index in [0.717, 1.165) is 18.5 Å². The molecular weight excluding hydrogens is 152 g/mol. The summed E-state index contributed by atoms with van der Waals surface area (Å²) in [4.78, 5) is 0. The van der Waals surface area contributed by atoms with E-state index >= 15 is 0 Å². The van der Waals surface area contributed by atoms with Gasteiger partial charge in [-0.3, -0.25) is 4.68 Å². The van der Waals surface area contributed by atoms with Gasteiger partial charge in [-0.25, -0.2) is 0 Å². The zero-order valence-corrected chi connectivity index (χ0v) is 7.70. The molecule has 0 spiro atoms. The van der Waals surface area contributed by atoms with E-state index < -0.39 is 0 Å². The molecule has 1 N–H and O–H groups in total. The van der Waals surface area contributed by atoms with Gasteiger partial charge >= 0.3 is 0 Å². The van der Waals surface area contributed by atoms with Crippen molar-refractivity contribution in [1.82, 2.24) is 9.78 Å². The molecule has 0 fully saturated rings. The number of hydrogen-bond donors (Lipinski definition) is 1. The van der Waals surface area contributed by atoms with Gasteiger partial charge in [-0.15, -0.1) is 0 Å². The van der Waals surface area contributed by atoms with Crippen molar-refractivity contribution in [2.75, 3.05) is 0 Å². The summed E-state index contributed by atoms with van der Waals surface area (Å²) in [6.45, 7) is 4.68. The molecule has 12 heavy (non-hydrogen) atoms. The molecule has 0 amide bonds. The molecule has 0 radical (unpaired) electrons. The summed E-state index contributed by atoms with van der Waals surface area (Å²) < 4.78 is 1.83. The van der Waals surface area contributed by atoms with Gasteiger partial charge in [0.05, 0.1) is 12.6 Å². The van der Waals surface area contributed by atoms with E-state index in [-0.39, 0.29) is 6.10 Å². The first-order chi connectivity index (χ1) is 5.74. The molecule has 3 heteroatoms. The van der Waals surface area contributed by atoms with Crippen molar-refractivity contribution in [3.8, 4) is 0 Å². The van der Waals surface area contributed by atoms with Gasteiger partial charge in [0.1, 0.15) is 0 Å². The topological polar surface area (TPSA) is 38.0 Å². The molecule has 0 saturated carbocycles. The van der Waals surface area contributed by atoms with Crippen LogP contribution in [0.2, 0.25) is 0 Å². The third kappa shape index (κ3) is 2.34. The second-order valence-corrected chi connectivity index (χ2v) is 3.10. The predicted octanol–water partition coefficient (Wildman–Crippen LogP) is 1.35. The van der Waals surface area contributed by atoms with Crippen molar-refractivity contribution in [1.29, 1.82) is 0 Å². The van der Waals surface area contributed by atoms with E-state index in [1.165, 1.54) is 0 Å². The van der Waals surface area contributed by atoms with Crippen LogP contribution in [0.15, 0.2) is 12.3 Å². The standard InChI is InChI=1S/C9H16N2O/c1-3-4-9(12)7-11-8(2)5-6-10-11/h5-6,9,12H,3-4,7H2,1-2H3. The summed E-state index contributed by atoms with van der Waals surface area (Å²) in [6.07, 6.45) is 3.36. The SMILES string of the molecule is CCCC(O)Cn1nccc1C. The first-order valence-corrected chi connectivity index (χ1v) is 4.40. The average Bonchev–Trinajstić information content (AvgIpc) is 2.37. The molecule has 0 saturated heterocycles. The Morgan fingerprint density at radius 2 is 2.42 bits per heavy atom. The van der Waals surface area contributed by atoms with Crippen LogP contribution in [0.3, 0.4) is 0 Å². The van der Waals surface area contributed by atoms with Gasteiger partial charge in [0.15, 0.2) is 0 Å². The van der Waals surface area contributed by atoms with Crippen LogP contribution in [0, 0.1) is 6.92 Å². The minimum absolute atomic E-state index is 0.256. The molecule has 1 rings (SSSR count). The molecule has 1 aromatic rings. The van der Waals surface area contributed by atoms with Gasteiger partial charge in [0.2, 0.25) is 0 Å². The molecule has 1 unspecified atom stereocenters. The fourth-order valence-electron chi connectivity index (χ4n) is 1.21. The highest BCUT2D eigenvalue weighted by atomic mass is 16.3. The molecule has 0 bridgehead atoms. The van der Waals surface area contributed by atoms with Crippen molar-refractivity contribution >= 4 is 0 Å². The maximum absolute atomic E-state index is 9.48. The maximum Gasteiger partial charge on any atom is 0.0736 e. The fourth-order valence-corrected chi connectivity index (χ4v) is 1.21. The Kier molecular flexibility index (Phi) is 3.29. The monoisotopic (exact) mass is 168 g/mol. The van der Waals surface area contributed by atoms with Crippen LogP contribution in [0.1, 0.15) is 25.5 Å². The number of rotatable bonds is 4. The summed E-state index contributed by atoms with van der Waals surface area (Å²) in [6, 6.07) is 1.94. The summed E-state index contributed by atoms with van der Waals surface area (Å²) >= 11 is 0. The smallest absolute Gasteiger partial charge is 0.0736 e. The largest absolute Gasteiger partial charge is 0.391 e. The molecule has 0 aromatic carbocycles. The van der Waals surface area contributed by atoms with Gasteiger partial charge in [-0.1, -0.05) is 13.3 Å². The molecule has 0 aliphatic rings. The van der Waals surface area contributed by atoms with Crippen LogP contribution >= 0.6 is 0 Å². The minimum atomic E-state index is -0.256. The van der Waals surface area contributed by atoms with Crippen LogP contribution in [-0.4, -0.2) is 21.0 Å². The van der Waals surface area contributed by atoms with E-state index in [9.17, 15) is 5.11 Å². The lowest BCUT2D eigenvalue weighted by Gasteiger charge is -2.10. The lowest BCUT2D eigenvalue weighted by molar-refractivity contribution is 0.138. The van der Waals surface area contributed by atoms with Crippen LogP contribution in [0.4, 0.5) is 0 Å². The van der Waals surface area contributed by atoms with Gasteiger partial charge in [-0.2, -0.15) is 5.10 Å². The first kappa shape index (κ1) is 9.26. The zero-order chi connectivity index (χ0) is 8.97. The van der Waals surface area contributed by atoms with Gasteiger partial charge in [0, 0.05) is 11.9 Å². The van der Waals surface area contributed by atoms with E-state index in [4.69, 9.17) is 0 Å². The highest BCUT2D eigenvalue weighted by Crippen LogP contribution is 2.02. The Morgan fingerprint density at radius 3 is 2.92 bits per heavy atom. The average molecular weight is 168 g/mol. The van der Waals surface area contributed by atoms with E-state index in [0.29, 0.717) is 6.54 Å². The molecular formula is C9H16N2O. The summed E-state index contributed by atoms with van der Waals surface area (Å²) in [7, 11) is 0.